The van der Waals surface area contributed by atoms with E-state index in [0.29, 0.717) is 18.0 Å². The van der Waals surface area contributed by atoms with Gasteiger partial charge in [0.2, 0.25) is 5.91 Å². The fourth-order valence-electron chi connectivity index (χ4n) is 2.79. The molecule has 0 heterocycles. The van der Waals surface area contributed by atoms with Crippen LogP contribution in [0.4, 0.5) is 4.39 Å². The highest BCUT2D eigenvalue weighted by Gasteiger charge is 2.22. The largest absolute Gasteiger partial charge is 0.355 e. The summed E-state index contributed by atoms with van der Waals surface area (Å²) in [5.74, 6) is 0.0563. The SMILES string of the molecule is C[C@H](C(=O)NCC1CCCCC1)[S@](=O)Cc1ccccc1F. The summed E-state index contributed by atoms with van der Waals surface area (Å²) in [4.78, 5) is 12.1. The molecule has 0 spiro atoms. The second kappa shape index (κ2) is 8.42. The van der Waals surface area contributed by atoms with Gasteiger partial charge in [-0.05, 0) is 31.7 Å². The summed E-state index contributed by atoms with van der Waals surface area (Å²) in [7, 11) is -1.41. The Bertz CT molecular complexity index is 529. The maximum Gasteiger partial charge on any atom is 0.235 e. The third kappa shape index (κ3) is 4.90. The molecule has 0 bridgehead atoms. The van der Waals surface area contributed by atoms with Crippen LogP contribution < -0.4 is 5.32 Å². The number of carbonyl (C=O) groups excluding carboxylic acids is 1. The first-order chi connectivity index (χ1) is 10.6. The molecule has 1 aromatic carbocycles. The molecule has 122 valence electrons. The van der Waals surface area contributed by atoms with Crippen molar-refractivity contribution in [3.05, 3.63) is 35.6 Å². The molecule has 1 fully saturated rings. The molecule has 2 atom stereocenters. The number of halogens is 1. The minimum atomic E-state index is -1.41. The number of hydrogen-bond acceptors (Lipinski definition) is 2. The predicted octanol–water partition coefficient (Wildman–Crippen LogP) is 3.16. The first-order valence-electron chi connectivity index (χ1n) is 7.96. The Labute approximate surface area is 134 Å². The molecule has 0 saturated heterocycles. The van der Waals surface area contributed by atoms with Crippen LogP contribution in [-0.2, 0) is 21.3 Å². The van der Waals surface area contributed by atoms with Crippen LogP contribution in [0.15, 0.2) is 24.3 Å². The molecule has 1 N–H and O–H groups in total. The Hall–Kier alpha value is -1.23. The molecule has 1 aliphatic carbocycles. The van der Waals surface area contributed by atoms with Crippen molar-refractivity contribution in [3.63, 3.8) is 0 Å². The standard InChI is InChI=1S/C17H24FNO2S/c1-13(17(20)19-11-14-7-3-2-4-8-14)22(21)12-15-9-5-6-10-16(15)18/h5-6,9-10,13-14H,2-4,7-8,11-12H2,1H3,(H,19,20)/t13-,22-/m1/s1. The van der Waals surface area contributed by atoms with Crippen molar-refractivity contribution in [1.29, 1.82) is 0 Å². The normalized spacial score (nSPS) is 18.6. The summed E-state index contributed by atoms with van der Waals surface area (Å²) in [5.41, 5.74) is 0.396. The van der Waals surface area contributed by atoms with E-state index in [4.69, 9.17) is 0 Å². The van der Waals surface area contributed by atoms with Crippen LogP contribution in [0.5, 0.6) is 0 Å². The molecule has 0 unspecified atom stereocenters. The second-order valence-electron chi connectivity index (χ2n) is 6.01. The number of hydrogen-bond donors (Lipinski definition) is 1. The molecular weight excluding hydrogens is 301 g/mol. The fourth-order valence-corrected chi connectivity index (χ4v) is 3.91. The van der Waals surface area contributed by atoms with Crippen molar-refractivity contribution in [2.75, 3.05) is 6.54 Å². The highest BCUT2D eigenvalue weighted by molar-refractivity contribution is 7.85. The summed E-state index contributed by atoms with van der Waals surface area (Å²) >= 11 is 0. The Kier molecular flexibility index (Phi) is 6.55. The maximum atomic E-state index is 13.6. The molecule has 1 amide bonds. The van der Waals surface area contributed by atoms with Gasteiger partial charge >= 0.3 is 0 Å². The van der Waals surface area contributed by atoms with Gasteiger partial charge in [-0.3, -0.25) is 9.00 Å². The van der Waals surface area contributed by atoms with Crippen molar-refractivity contribution >= 4 is 16.7 Å². The number of rotatable bonds is 6. The Morgan fingerprint density at radius 2 is 2.00 bits per heavy atom. The zero-order valence-electron chi connectivity index (χ0n) is 13.0. The summed E-state index contributed by atoms with van der Waals surface area (Å²) in [6, 6.07) is 6.27. The minimum Gasteiger partial charge on any atom is -0.355 e. The Balaban J connectivity index is 1.81. The van der Waals surface area contributed by atoms with Crippen LogP contribution >= 0.6 is 0 Å². The quantitative estimate of drug-likeness (QED) is 0.873. The molecule has 22 heavy (non-hydrogen) atoms. The van der Waals surface area contributed by atoms with E-state index in [1.165, 1.54) is 25.3 Å². The van der Waals surface area contributed by atoms with E-state index in [0.717, 1.165) is 12.8 Å². The molecule has 1 saturated carbocycles. The predicted molar refractivity (Wildman–Crippen MR) is 87.3 cm³/mol. The van der Waals surface area contributed by atoms with Gasteiger partial charge in [0.05, 0.1) is 5.75 Å². The van der Waals surface area contributed by atoms with Gasteiger partial charge in [-0.1, -0.05) is 37.5 Å². The number of carbonyl (C=O) groups is 1. The van der Waals surface area contributed by atoms with Gasteiger partial charge in [0.1, 0.15) is 11.1 Å². The third-order valence-electron chi connectivity index (χ3n) is 4.31. The monoisotopic (exact) mass is 325 g/mol. The average molecular weight is 325 g/mol. The van der Waals surface area contributed by atoms with Crippen molar-refractivity contribution in [3.8, 4) is 0 Å². The average Bonchev–Trinajstić information content (AvgIpc) is 2.55. The molecule has 0 aliphatic heterocycles. The van der Waals surface area contributed by atoms with Gasteiger partial charge in [-0.15, -0.1) is 0 Å². The number of benzene rings is 1. The Morgan fingerprint density at radius 3 is 2.68 bits per heavy atom. The lowest BCUT2D eigenvalue weighted by Gasteiger charge is -2.22. The molecule has 0 radical (unpaired) electrons. The summed E-state index contributed by atoms with van der Waals surface area (Å²) in [6.45, 7) is 2.31. The maximum absolute atomic E-state index is 13.6. The topological polar surface area (TPSA) is 46.2 Å². The molecule has 5 heteroatoms. The van der Waals surface area contributed by atoms with Crippen LogP contribution in [0, 0.1) is 11.7 Å². The fraction of sp³-hybridized carbons (Fsp3) is 0.588. The van der Waals surface area contributed by atoms with Gasteiger partial charge in [0.25, 0.3) is 0 Å². The van der Waals surface area contributed by atoms with Crippen LogP contribution in [0.2, 0.25) is 0 Å². The van der Waals surface area contributed by atoms with E-state index in [-0.39, 0.29) is 17.5 Å². The summed E-state index contributed by atoms with van der Waals surface area (Å²) < 4.78 is 25.8. The molecule has 3 nitrogen and oxygen atoms in total. The van der Waals surface area contributed by atoms with Gasteiger partial charge in [0.15, 0.2) is 0 Å². The molecule has 1 aliphatic rings. The molecule has 2 rings (SSSR count). The second-order valence-corrected chi connectivity index (χ2v) is 7.77. The summed E-state index contributed by atoms with van der Waals surface area (Å²) in [6.07, 6.45) is 6.07. The number of amides is 1. The Morgan fingerprint density at radius 1 is 1.32 bits per heavy atom. The van der Waals surface area contributed by atoms with Crippen LogP contribution in [-0.4, -0.2) is 21.9 Å². The van der Waals surface area contributed by atoms with E-state index < -0.39 is 16.0 Å². The van der Waals surface area contributed by atoms with Gasteiger partial charge in [0, 0.05) is 22.9 Å². The zero-order chi connectivity index (χ0) is 15.9. The van der Waals surface area contributed by atoms with Crippen molar-refractivity contribution in [1.82, 2.24) is 5.32 Å². The van der Waals surface area contributed by atoms with Crippen molar-refractivity contribution in [2.24, 2.45) is 5.92 Å². The lowest BCUT2D eigenvalue weighted by atomic mass is 9.89. The first kappa shape index (κ1) is 17.1. The molecule has 1 aromatic rings. The van der Waals surface area contributed by atoms with Crippen molar-refractivity contribution < 1.29 is 13.4 Å². The van der Waals surface area contributed by atoms with E-state index in [2.05, 4.69) is 5.32 Å². The van der Waals surface area contributed by atoms with Crippen LogP contribution in [0.25, 0.3) is 0 Å². The third-order valence-corrected chi connectivity index (χ3v) is 5.91. The van der Waals surface area contributed by atoms with Crippen LogP contribution in [0.3, 0.4) is 0 Å². The van der Waals surface area contributed by atoms with Gasteiger partial charge < -0.3 is 5.32 Å². The molecule has 0 aromatic heterocycles. The van der Waals surface area contributed by atoms with Gasteiger partial charge in [-0.2, -0.15) is 0 Å². The van der Waals surface area contributed by atoms with E-state index in [1.807, 2.05) is 0 Å². The van der Waals surface area contributed by atoms with Crippen molar-refractivity contribution in [2.45, 2.75) is 50.0 Å². The highest BCUT2D eigenvalue weighted by atomic mass is 32.2. The zero-order valence-corrected chi connectivity index (χ0v) is 13.8. The summed E-state index contributed by atoms with van der Waals surface area (Å²) in [5, 5.41) is 2.29. The lowest BCUT2D eigenvalue weighted by molar-refractivity contribution is -0.120. The minimum absolute atomic E-state index is 0.0741. The van der Waals surface area contributed by atoms with Crippen LogP contribution in [0.1, 0.15) is 44.6 Å². The lowest BCUT2D eigenvalue weighted by Crippen LogP contribution is -2.38. The van der Waals surface area contributed by atoms with E-state index >= 15 is 0 Å². The molecular formula is C17H24FNO2S. The highest BCUT2D eigenvalue weighted by Crippen LogP contribution is 2.22. The van der Waals surface area contributed by atoms with E-state index in [9.17, 15) is 13.4 Å². The number of nitrogens with one attached hydrogen (secondary N) is 1. The van der Waals surface area contributed by atoms with E-state index in [1.54, 1.807) is 25.1 Å². The first-order valence-corrected chi connectivity index (χ1v) is 9.34. The van der Waals surface area contributed by atoms with Gasteiger partial charge in [-0.25, -0.2) is 4.39 Å². The smallest absolute Gasteiger partial charge is 0.235 e.